The Balaban J connectivity index is 2.14. The monoisotopic (exact) mass is 286 g/mol. The molecular weight excluding hydrogens is 276 g/mol. The molecule has 0 saturated heterocycles. The highest BCUT2D eigenvalue weighted by molar-refractivity contribution is 5.48. The number of hydrogen-bond donors (Lipinski definition) is 2. The van der Waals surface area contributed by atoms with E-state index >= 15 is 0 Å². The molecule has 0 radical (unpaired) electrons. The van der Waals surface area contributed by atoms with Crippen LogP contribution in [-0.2, 0) is 12.7 Å². The molecule has 1 aromatic carbocycles. The zero-order chi connectivity index (χ0) is 14.8. The smallest absolute Gasteiger partial charge is 0.416 e. The molecule has 2 aromatic rings. The molecule has 0 aliphatic rings. The Hall–Kier alpha value is -2.31. The summed E-state index contributed by atoms with van der Waals surface area (Å²) < 4.78 is 51.0. The van der Waals surface area contributed by atoms with Crippen LogP contribution in [0.2, 0.25) is 0 Å². The highest BCUT2D eigenvalue weighted by Gasteiger charge is 2.31. The van der Waals surface area contributed by atoms with Crippen molar-refractivity contribution in [2.75, 3.05) is 5.32 Å². The molecule has 0 amide bonds. The number of hydrogen-bond acceptors (Lipinski definition) is 3. The average Bonchev–Trinajstić information content (AvgIpc) is 2.38. The van der Waals surface area contributed by atoms with E-state index in [0.717, 1.165) is 6.07 Å². The molecule has 1 heterocycles. The van der Waals surface area contributed by atoms with Gasteiger partial charge in [-0.3, -0.25) is 4.98 Å². The molecule has 0 aliphatic carbocycles. The Labute approximate surface area is 111 Å². The van der Waals surface area contributed by atoms with Crippen molar-refractivity contribution in [1.29, 1.82) is 0 Å². The van der Waals surface area contributed by atoms with Gasteiger partial charge < -0.3 is 10.4 Å². The van der Waals surface area contributed by atoms with Crippen molar-refractivity contribution in [2.24, 2.45) is 0 Å². The second-order valence-corrected chi connectivity index (χ2v) is 4.05. The van der Waals surface area contributed by atoms with Gasteiger partial charge in [-0.05, 0) is 30.3 Å². The number of aromatic nitrogens is 1. The van der Waals surface area contributed by atoms with Crippen LogP contribution in [0.5, 0.6) is 5.75 Å². The number of benzene rings is 1. The number of aromatic hydroxyl groups is 1. The number of alkyl halides is 3. The fourth-order valence-electron chi connectivity index (χ4n) is 1.54. The van der Waals surface area contributed by atoms with Crippen LogP contribution < -0.4 is 5.32 Å². The Morgan fingerprint density at radius 1 is 1.15 bits per heavy atom. The maximum absolute atomic E-state index is 13.4. The quantitative estimate of drug-likeness (QED) is 0.848. The van der Waals surface area contributed by atoms with Gasteiger partial charge in [0, 0.05) is 0 Å². The van der Waals surface area contributed by atoms with E-state index in [4.69, 9.17) is 5.11 Å². The maximum Gasteiger partial charge on any atom is 0.416 e. The average molecular weight is 286 g/mol. The van der Waals surface area contributed by atoms with Crippen LogP contribution >= 0.6 is 0 Å². The van der Waals surface area contributed by atoms with E-state index < -0.39 is 17.6 Å². The normalized spacial score (nSPS) is 11.4. The predicted octanol–water partition coefficient (Wildman–Crippen LogP) is 3.56. The number of rotatable bonds is 3. The van der Waals surface area contributed by atoms with E-state index in [1.807, 2.05) is 0 Å². The second-order valence-electron chi connectivity index (χ2n) is 4.05. The Bertz CT molecular complexity index is 596. The molecule has 2 rings (SSSR count). The van der Waals surface area contributed by atoms with Crippen LogP contribution in [-0.4, -0.2) is 10.1 Å². The van der Waals surface area contributed by atoms with Crippen molar-refractivity contribution in [1.82, 2.24) is 4.98 Å². The molecule has 0 spiro atoms. The summed E-state index contributed by atoms with van der Waals surface area (Å²) in [4.78, 5) is 3.84. The fourth-order valence-corrected chi connectivity index (χ4v) is 1.54. The number of halogens is 4. The number of anilines is 1. The molecule has 0 bridgehead atoms. The number of pyridine rings is 1. The van der Waals surface area contributed by atoms with Crippen molar-refractivity contribution in [3.63, 3.8) is 0 Å². The Morgan fingerprint density at radius 2 is 1.90 bits per heavy atom. The van der Waals surface area contributed by atoms with Crippen molar-refractivity contribution in [2.45, 2.75) is 12.7 Å². The molecule has 0 atom stereocenters. The van der Waals surface area contributed by atoms with Gasteiger partial charge in [-0.1, -0.05) is 0 Å². The van der Waals surface area contributed by atoms with Crippen LogP contribution in [0, 0.1) is 5.82 Å². The first-order valence-corrected chi connectivity index (χ1v) is 5.61. The molecule has 3 nitrogen and oxygen atoms in total. The summed E-state index contributed by atoms with van der Waals surface area (Å²) in [5, 5.41) is 11.6. The van der Waals surface area contributed by atoms with Crippen molar-refractivity contribution in [3.05, 3.63) is 53.6 Å². The van der Waals surface area contributed by atoms with E-state index in [1.54, 1.807) is 0 Å². The van der Waals surface area contributed by atoms with Gasteiger partial charge in [0.05, 0.1) is 29.7 Å². The number of nitrogens with one attached hydrogen (secondary N) is 1. The van der Waals surface area contributed by atoms with Crippen molar-refractivity contribution in [3.8, 4) is 5.75 Å². The second kappa shape index (κ2) is 5.36. The van der Waals surface area contributed by atoms with Crippen LogP contribution in [0.25, 0.3) is 0 Å². The third-order valence-electron chi connectivity index (χ3n) is 2.56. The van der Waals surface area contributed by atoms with Crippen molar-refractivity contribution >= 4 is 5.69 Å². The summed E-state index contributed by atoms with van der Waals surface area (Å²) in [6.07, 6.45) is -3.33. The summed E-state index contributed by atoms with van der Waals surface area (Å²) in [5.74, 6) is -0.809. The van der Waals surface area contributed by atoms with E-state index in [1.165, 1.54) is 18.3 Å². The SMILES string of the molecule is Oc1ccc(CNc2cc(C(F)(F)F)ccc2F)nc1. The molecule has 20 heavy (non-hydrogen) atoms. The number of nitrogens with zero attached hydrogens (tertiary/aromatic N) is 1. The minimum atomic E-state index is -4.53. The first-order valence-electron chi connectivity index (χ1n) is 5.61. The van der Waals surface area contributed by atoms with Crippen LogP contribution in [0.1, 0.15) is 11.3 Å². The standard InChI is InChI=1S/C13H10F4N2O/c14-11-4-1-8(13(15,16)17)5-12(11)19-6-9-2-3-10(20)7-18-9/h1-5,7,19-20H,6H2. The predicted molar refractivity (Wildman–Crippen MR) is 64.6 cm³/mol. The van der Waals surface area contributed by atoms with Gasteiger partial charge in [-0.25, -0.2) is 4.39 Å². The van der Waals surface area contributed by atoms with Gasteiger partial charge >= 0.3 is 6.18 Å². The van der Waals surface area contributed by atoms with Gasteiger partial charge in [-0.15, -0.1) is 0 Å². The molecule has 2 N–H and O–H groups in total. The van der Waals surface area contributed by atoms with Crippen LogP contribution in [0.4, 0.5) is 23.2 Å². The molecule has 0 saturated carbocycles. The van der Waals surface area contributed by atoms with E-state index in [2.05, 4.69) is 10.3 Å². The third kappa shape index (κ3) is 3.37. The summed E-state index contributed by atoms with van der Waals surface area (Å²) in [7, 11) is 0. The lowest BCUT2D eigenvalue weighted by Gasteiger charge is -2.11. The van der Waals surface area contributed by atoms with Crippen molar-refractivity contribution < 1.29 is 22.7 Å². The summed E-state index contributed by atoms with van der Waals surface area (Å²) in [5.41, 5.74) is -0.727. The molecule has 7 heteroatoms. The maximum atomic E-state index is 13.4. The zero-order valence-electron chi connectivity index (χ0n) is 10.1. The Kier molecular flexibility index (Phi) is 3.78. The first-order chi connectivity index (χ1) is 9.36. The third-order valence-corrected chi connectivity index (χ3v) is 2.56. The zero-order valence-corrected chi connectivity index (χ0v) is 10.1. The van der Waals surface area contributed by atoms with Gasteiger partial charge in [-0.2, -0.15) is 13.2 Å². The minimum Gasteiger partial charge on any atom is -0.506 e. The minimum absolute atomic E-state index is 0.0287. The fraction of sp³-hybridized carbons (Fsp3) is 0.154. The summed E-state index contributed by atoms with van der Waals surface area (Å²) >= 11 is 0. The largest absolute Gasteiger partial charge is 0.506 e. The van der Waals surface area contributed by atoms with E-state index in [0.29, 0.717) is 17.8 Å². The first kappa shape index (κ1) is 14.1. The lowest BCUT2D eigenvalue weighted by molar-refractivity contribution is -0.137. The molecule has 0 unspecified atom stereocenters. The highest BCUT2D eigenvalue weighted by Crippen LogP contribution is 2.31. The molecule has 106 valence electrons. The van der Waals surface area contributed by atoms with Gasteiger partial charge in [0.1, 0.15) is 11.6 Å². The van der Waals surface area contributed by atoms with Gasteiger partial charge in [0.25, 0.3) is 0 Å². The van der Waals surface area contributed by atoms with Crippen LogP contribution in [0.15, 0.2) is 36.5 Å². The lowest BCUT2D eigenvalue weighted by atomic mass is 10.2. The van der Waals surface area contributed by atoms with Gasteiger partial charge in [0.15, 0.2) is 0 Å². The molecule has 0 aliphatic heterocycles. The van der Waals surface area contributed by atoms with E-state index in [9.17, 15) is 17.6 Å². The topological polar surface area (TPSA) is 45.1 Å². The molecule has 1 aromatic heterocycles. The van der Waals surface area contributed by atoms with E-state index in [-0.39, 0.29) is 18.0 Å². The Morgan fingerprint density at radius 3 is 2.50 bits per heavy atom. The van der Waals surface area contributed by atoms with Gasteiger partial charge in [0.2, 0.25) is 0 Å². The van der Waals surface area contributed by atoms with Crippen LogP contribution in [0.3, 0.4) is 0 Å². The summed E-state index contributed by atoms with van der Waals surface area (Å²) in [6, 6.07) is 5.00. The lowest BCUT2D eigenvalue weighted by Crippen LogP contribution is -2.08. The molecule has 0 fully saturated rings. The molecular formula is C13H10F4N2O. The highest BCUT2D eigenvalue weighted by atomic mass is 19.4. The summed E-state index contributed by atoms with van der Waals surface area (Å²) in [6.45, 7) is 0.0402.